The lowest BCUT2D eigenvalue weighted by Gasteiger charge is -1.98. The quantitative estimate of drug-likeness (QED) is 0.440. The first-order valence-corrected chi connectivity index (χ1v) is 2.53. The molecule has 0 aliphatic rings. The molecule has 0 spiro atoms. The van der Waals surface area contributed by atoms with Gasteiger partial charge in [-0.3, -0.25) is 0 Å². The lowest BCUT2D eigenvalue weighted by atomic mass is 11.6. The van der Waals surface area contributed by atoms with Crippen LogP contribution in [-0.4, -0.2) is 4.59 Å². The standard InChI is InChI=1S/CF4S2/c2-1(3,6-4)7-5. The summed E-state index contributed by atoms with van der Waals surface area (Å²) < 4.78 is 39.6. The van der Waals surface area contributed by atoms with Gasteiger partial charge in [0.1, 0.15) is 24.3 Å². The Morgan fingerprint density at radius 3 is 1.29 bits per heavy atom. The molecule has 0 aromatic carbocycles. The van der Waals surface area contributed by atoms with Crippen molar-refractivity contribution < 1.29 is 16.6 Å². The highest BCUT2D eigenvalue weighted by atomic mass is 32.2. The van der Waals surface area contributed by atoms with Crippen molar-refractivity contribution in [2.45, 2.75) is 4.59 Å². The molecule has 0 nitrogen and oxygen atoms in total. The van der Waals surface area contributed by atoms with Gasteiger partial charge in [-0.05, 0) is 0 Å². The molecule has 0 bridgehead atoms. The molecule has 0 aliphatic carbocycles. The molecule has 0 heterocycles. The summed E-state index contributed by atoms with van der Waals surface area (Å²) in [5.74, 6) is 0. The van der Waals surface area contributed by atoms with Crippen molar-refractivity contribution in [3.05, 3.63) is 0 Å². The van der Waals surface area contributed by atoms with E-state index in [1.165, 1.54) is 0 Å². The summed E-state index contributed by atoms with van der Waals surface area (Å²) in [4.78, 5) is 0. The van der Waals surface area contributed by atoms with Crippen molar-refractivity contribution in [3.63, 3.8) is 0 Å². The maximum atomic E-state index is 11.1. The van der Waals surface area contributed by atoms with Gasteiger partial charge in [0.05, 0.1) is 0 Å². The first-order valence-electron chi connectivity index (χ1n) is 1.09. The van der Waals surface area contributed by atoms with Gasteiger partial charge >= 0.3 is 4.59 Å². The molecule has 6 heteroatoms. The highest BCUT2D eigenvalue weighted by molar-refractivity contribution is 8.13. The lowest BCUT2D eigenvalue weighted by Crippen LogP contribution is -1.96. The van der Waals surface area contributed by atoms with Crippen LogP contribution in [0.2, 0.25) is 0 Å². The Hall–Kier alpha value is 0.420. The van der Waals surface area contributed by atoms with E-state index in [1.807, 2.05) is 0 Å². The Morgan fingerprint density at radius 2 is 1.29 bits per heavy atom. The molecule has 7 heavy (non-hydrogen) atoms. The number of hydrogen-bond donors (Lipinski definition) is 0. The Kier molecular flexibility index (Phi) is 2.82. The SMILES string of the molecule is FSC(F)(F)SF. The van der Waals surface area contributed by atoms with Crippen LogP contribution in [0.1, 0.15) is 0 Å². The fourth-order valence-electron chi connectivity index (χ4n) is 0.0119. The van der Waals surface area contributed by atoms with Crippen LogP contribution in [0.15, 0.2) is 0 Å². The van der Waals surface area contributed by atoms with Crippen LogP contribution in [0.3, 0.4) is 0 Å². The normalized spacial score (nSPS) is 12.0. The van der Waals surface area contributed by atoms with Gasteiger partial charge in [0.15, 0.2) is 0 Å². The summed E-state index contributed by atoms with van der Waals surface area (Å²) in [6, 6.07) is 0. The van der Waals surface area contributed by atoms with E-state index in [-0.39, 0.29) is 0 Å². The lowest BCUT2D eigenvalue weighted by molar-refractivity contribution is 0.204. The summed E-state index contributed by atoms with van der Waals surface area (Å²) in [5.41, 5.74) is 0. The Bertz CT molecular complexity index is 47.7. The summed E-state index contributed by atoms with van der Waals surface area (Å²) in [7, 11) is 0. The number of hydrogen-bond acceptors (Lipinski definition) is 2. The summed E-state index contributed by atoms with van der Waals surface area (Å²) in [5, 5.41) is 0. The first-order chi connectivity index (χ1) is 3.12. The van der Waals surface area contributed by atoms with Gasteiger partial charge in [-0.25, -0.2) is 0 Å². The predicted octanol–water partition coefficient (Wildman–Crippen LogP) is 2.77. The molecule has 0 unspecified atom stereocenters. The van der Waals surface area contributed by atoms with Gasteiger partial charge in [0.2, 0.25) is 0 Å². The van der Waals surface area contributed by atoms with Crippen LogP contribution in [0.5, 0.6) is 0 Å². The number of alkyl halides is 2. The van der Waals surface area contributed by atoms with Crippen molar-refractivity contribution in [1.82, 2.24) is 0 Å². The second-order valence-corrected chi connectivity index (χ2v) is 2.21. The van der Waals surface area contributed by atoms with Crippen molar-refractivity contribution >= 4 is 24.3 Å². The topological polar surface area (TPSA) is 0 Å². The molecule has 0 N–H and O–H groups in total. The minimum Gasteiger partial charge on any atom is -0.177 e. The maximum absolute atomic E-state index is 11.1. The fraction of sp³-hybridized carbons (Fsp3) is 1.00. The van der Waals surface area contributed by atoms with E-state index in [4.69, 9.17) is 0 Å². The molecular formula is CF4S2. The van der Waals surface area contributed by atoms with Crippen molar-refractivity contribution in [2.75, 3.05) is 0 Å². The molecule has 0 fully saturated rings. The molecule has 0 saturated heterocycles. The second-order valence-electron chi connectivity index (χ2n) is 0.618. The molecule has 44 valence electrons. The van der Waals surface area contributed by atoms with Gasteiger partial charge in [-0.15, -0.1) is 0 Å². The third-order valence-electron chi connectivity index (χ3n) is 0.180. The van der Waals surface area contributed by atoms with Gasteiger partial charge in [-0.1, -0.05) is 0 Å². The van der Waals surface area contributed by atoms with Gasteiger partial charge in [0, 0.05) is 0 Å². The van der Waals surface area contributed by atoms with E-state index >= 15 is 0 Å². The average Bonchev–Trinajstić information content (AvgIpc) is 1.68. The number of rotatable bonds is 2. The maximum Gasteiger partial charge on any atom is 0.399 e. The minimum atomic E-state index is -3.92. The Morgan fingerprint density at radius 1 is 1.00 bits per heavy atom. The minimum absolute atomic E-state index is 1.32. The van der Waals surface area contributed by atoms with Crippen LogP contribution in [0.25, 0.3) is 0 Å². The predicted molar refractivity (Wildman–Crippen MR) is 22.3 cm³/mol. The van der Waals surface area contributed by atoms with Gasteiger partial charge in [-0.2, -0.15) is 16.6 Å². The Labute approximate surface area is 46.2 Å². The summed E-state index contributed by atoms with van der Waals surface area (Å²) in [6.45, 7) is 0. The average molecular weight is 152 g/mol. The van der Waals surface area contributed by atoms with E-state index in [2.05, 4.69) is 0 Å². The van der Waals surface area contributed by atoms with E-state index in [9.17, 15) is 16.6 Å². The Balaban J connectivity index is 3.36. The fourth-order valence-corrected chi connectivity index (χ4v) is 0.107. The van der Waals surface area contributed by atoms with Crippen LogP contribution in [-0.2, 0) is 0 Å². The van der Waals surface area contributed by atoms with Crippen LogP contribution >= 0.6 is 24.3 Å². The molecule has 0 saturated carbocycles. The number of halogens is 4. The van der Waals surface area contributed by atoms with E-state index in [0.29, 0.717) is 0 Å². The van der Waals surface area contributed by atoms with Gasteiger partial charge in [0.25, 0.3) is 0 Å². The molecule has 0 aliphatic heterocycles. The molecule has 0 radical (unpaired) electrons. The highest BCUT2D eigenvalue weighted by Crippen LogP contribution is 2.41. The zero-order valence-corrected chi connectivity index (χ0v) is 4.46. The molecule has 0 rings (SSSR count). The monoisotopic (exact) mass is 152 g/mol. The highest BCUT2D eigenvalue weighted by Gasteiger charge is 2.32. The summed E-state index contributed by atoms with van der Waals surface area (Å²) in [6.07, 6.45) is 0. The van der Waals surface area contributed by atoms with Gasteiger partial charge < -0.3 is 0 Å². The van der Waals surface area contributed by atoms with E-state index < -0.39 is 28.9 Å². The van der Waals surface area contributed by atoms with E-state index in [0.717, 1.165) is 0 Å². The zero-order chi connectivity index (χ0) is 5.91. The molecule has 0 aromatic heterocycles. The van der Waals surface area contributed by atoms with Crippen molar-refractivity contribution in [3.8, 4) is 0 Å². The third kappa shape index (κ3) is 3.04. The van der Waals surface area contributed by atoms with Crippen LogP contribution in [0.4, 0.5) is 16.6 Å². The zero-order valence-electron chi connectivity index (χ0n) is 2.83. The molecule has 0 amide bonds. The van der Waals surface area contributed by atoms with Crippen LogP contribution < -0.4 is 0 Å². The first kappa shape index (κ1) is 7.42. The third-order valence-corrected chi connectivity index (χ3v) is 0.917. The van der Waals surface area contributed by atoms with Crippen molar-refractivity contribution in [2.24, 2.45) is 0 Å². The molecular weight excluding hydrogens is 152 g/mol. The largest absolute Gasteiger partial charge is 0.399 e. The van der Waals surface area contributed by atoms with E-state index in [1.54, 1.807) is 0 Å². The van der Waals surface area contributed by atoms with Crippen molar-refractivity contribution in [1.29, 1.82) is 0 Å². The smallest absolute Gasteiger partial charge is 0.177 e. The molecule has 0 atom stereocenters. The molecule has 0 aromatic rings. The second kappa shape index (κ2) is 2.66. The summed E-state index contributed by atoms with van der Waals surface area (Å²) >= 11 is -2.64. The van der Waals surface area contributed by atoms with Crippen LogP contribution in [0, 0.1) is 0 Å².